The lowest BCUT2D eigenvalue weighted by Crippen LogP contribution is -2.51. The van der Waals surface area contributed by atoms with Crippen LogP contribution in [0.5, 0.6) is 17.2 Å². The number of nitrogens with zero attached hydrogens (tertiary/aromatic N) is 1. The number of ether oxygens (including phenoxy) is 3. The number of piperidine rings is 1. The molecule has 0 unspecified atom stereocenters. The first-order valence-electron chi connectivity index (χ1n) is 9.09. The Hall–Kier alpha value is -2.44. The minimum Gasteiger partial charge on any atom is -0.493 e. The highest BCUT2D eigenvalue weighted by atomic mass is 35.5. The van der Waals surface area contributed by atoms with Gasteiger partial charge in [-0.3, -0.25) is 4.79 Å². The molecule has 1 aliphatic rings. The third kappa shape index (κ3) is 4.69. The van der Waals surface area contributed by atoms with Crippen LogP contribution in [0.25, 0.3) is 0 Å². The molecule has 150 valence electrons. The van der Waals surface area contributed by atoms with E-state index in [2.05, 4.69) is 0 Å². The van der Waals surface area contributed by atoms with E-state index in [4.69, 9.17) is 25.8 Å². The van der Waals surface area contributed by atoms with E-state index in [9.17, 15) is 9.90 Å². The fourth-order valence-electron chi connectivity index (χ4n) is 3.26. The largest absolute Gasteiger partial charge is 0.493 e. The summed E-state index contributed by atoms with van der Waals surface area (Å²) in [5.41, 5.74) is 0.785. The predicted octanol–water partition coefficient (Wildman–Crippen LogP) is 2.94. The summed E-state index contributed by atoms with van der Waals surface area (Å²) in [5.74, 6) is 1.69. The van der Waals surface area contributed by atoms with Crippen LogP contribution in [-0.4, -0.2) is 55.4 Å². The lowest BCUT2D eigenvalue weighted by Gasteiger charge is -2.36. The van der Waals surface area contributed by atoms with Gasteiger partial charge in [0.25, 0.3) is 0 Å². The van der Waals surface area contributed by atoms with Gasteiger partial charge in [-0.25, -0.2) is 0 Å². The number of β-amino-alcohol motifs (C(OH)–C–C–N with tert-alkyl or cyclic N) is 1. The van der Waals surface area contributed by atoms with Gasteiger partial charge in [0.1, 0.15) is 18.0 Å². The molecule has 1 N–H and O–H groups in total. The molecule has 6 nitrogen and oxygen atoms in total. The summed E-state index contributed by atoms with van der Waals surface area (Å²) in [6.45, 7) is 0.736. The molecule has 0 radical (unpaired) electrons. The van der Waals surface area contributed by atoms with E-state index in [1.54, 1.807) is 43.4 Å². The third-order valence-electron chi connectivity index (χ3n) is 4.81. The molecular weight excluding hydrogens is 382 g/mol. The van der Waals surface area contributed by atoms with Gasteiger partial charge in [0, 0.05) is 24.1 Å². The number of carbonyl (C=O) groups is 1. The molecule has 7 heteroatoms. The summed E-state index contributed by atoms with van der Waals surface area (Å²) in [7, 11) is 3.12. The molecule has 1 aliphatic heterocycles. The van der Waals surface area contributed by atoms with Crippen molar-refractivity contribution in [2.75, 3.05) is 27.3 Å². The van der Waals surface area contributed by atoms with Crippen molar-refractivity contribution in [2.24, 2.45) is 0 Å². The molecule has 1 saturated heterocycles. The van der Waals surface area contributed by atoms with E-state index in [-0.39, 0.29) is 18.9 Å². The average Bonchev–Trinajstić information content (AvgIpc) is 2.71. The third-order valence-corrected chi connectivity index (χ3v) is 5.18. The van der Waals surface area contributed by atoms with Gasteiger partial charge in [-0.2, -0.15) is 0 Å². The Balaban J connectivity index is 1.59. The lowest BCUT2D eigenvalue weighted by atomic mass is 10.0. The predicted molar refractivity (Wildman–Crippen MR) is 106 cm³/mol. The number of aliphatic hydroxyl groups excluding tert-OH is 1. The van der Waals surface area contributed by atoms with Crippen molar-refractivity contribution in [1.82, 2.24) is 4.90 Å². The van der Waals surface area contributed by atoms with Crippen molar-refractivity contribution in [1.29, 1.82) is 0 Å². The van der Waals surface area contributed by atoms with E-state index in [1.807, 2.05) is 18.2 Å². The number of methoxy groups -OCH3 is 2. The number of hydrogen-bond donors (Lipinski definition) is 1. The monoisotopic (exact) mass is 405 g/mol. The van der Waals surface area contributed by atoms with Gasteiger partial charge in [-0.1, -0.05) is 29.8 Å². The van der Waals surface area contributed by atoms with E-state index >= 15 is 0 Å². The maximum atomic E-state index is 12.6. The van der Waals surface area contributed by atoms with Crippen LogP contribution < -0.4 is 14.2 Å². The van der Waals surface area contributed by atoms with Crippen molar-refractivity contribution in [3.8, 4) is 17.2 Å². The Morgan fingerprint density at radius 1 is 1.18 bits per heavy atom. The van der Waals surface area contributed by atoms with Crippen LogP contribution in [0.2, 0.25) is 5.02 Å². The number of hydrogen-bond acceptors (Lipinski definition) is 5. The molecule has 1 amide bonds. The van der Waals surface area contributed by atoms with E-state index in [0.29, 0.717) is 35.2 Å². The minimum atomic E-state index is -0.781. The van der Waals surface area contributed by atoms with E-state index in [0.717, 1.165) is 5.56 Å². The highest BCUT2D eigenvalue weighted by molar-refractivity contribution is 6.31. The summed E-state index contributed by atoms with van der Waals surface area (Å²) in [6, 6.07) is 12.5. The van der Waals surface area contributed by atoms with Gasteiger partial charge in [0.05, 0.1) is 27.2 Å². The van der Waals surface area contributed by atoms with E-state index < -0.39 is 12.2 Å². The Bertz CT molecular complexity index is 828. The maximum absolute atomic E-state index is 12.6. The van der Waals surface area contributed by atoms with E-state index in [1.165, 1.54) is 0 Å². The van der Waals surface area contributed by atoms with Gasteiger partial charge in [0.15, 0.2) is 11.5 Å². The fraction of sp³-hybridized carbons (Fsp3) is 0.381. The maximum Gasteiger partial charge on any atom is 0.227 e. The molecule has 3 rings (SSSR count). The number of amides is 1. The standard InChI is InChI=1S/C21H24ClNO5/c1-26-19-8-7-15(12-20(19)27-2)28-18-9-10-23(13-17(18)24)21(25)11-14-5-3-4-6-16(14)22/h3-8,12,17-18,24H,9-11,13H2,1-2H3/t17-,18-/m1/s1. The quantitative estimate of drug-likeness (QED) is 0.800. The summed E-state index contributed by atoms with van der Waals surface area (Å²) >= 11 is 6.14. The molecule has 0 bridgehead atoms. The Labute approximate surface area is 169 Å². The van der Waals surface area contributed by atoms with Gasteiger partial charge in [-0.15, -0.1) is 0 Å². The molecular formula is C21H24ClNO5. The zero-order chi connectivity index (χ0) is 20.1. The van der Waals surface area contributed by atoms with Gasteiger partial charge in [-0.05, 0) is 23.8 Å². The molecule has 0 aromatic heterocycles. The van der Waals surface area contributed by atoms with Gasteiger partial charge < -0.3 is 24.2 Å². The smallest absolute Gasteiger partial charge is 0.227 e. The Kier molecular flexibility index (Phi) is 6.65. The summed E-state index contributed by atoms with van der Waals surface area (Å²) < 4.78 is 16.4. The van der Waals surface area contributed by atoms with Crippen molar-refractivity contribution < 1.29 is 24.1 Å². The first kappa shape index (κ1) is 20.3. The van der Waals surface area contributed by atoms with Gasteiger partial charge in [0.2, 0.25) is 5.91 Å². The number of benzene rings is 2. The second-order valence-electron chi connectivity index (χ2n) is 6.64. The highest BCUT2D eigenvalue weighted by Gasteiger charge is 2.31. The molecule has 2 aromatic rings. The zero-order valence-corrected chi connectivity index (χ0v) is 16.7. The van der Waals surface area contributed by atoms with Crippen LogP contribution in [0.3, 0.4) is 0 Å². The SMILES string of the molecule is COc1ccc(O[C@@H]2CCN(C(=O)Cc3ccccc3Cl)C[C@H]2O)cc1OC. The van der Waals surface area contributed by atoms with Gasteiger partial charge >= 0.3 is 0 Å². The number of carbonyl (C=O) groups excluding carboxylic acids is 1. The number of aliphatic hydroxyl groups is 1. The first-order chi connectivity index (χ1) is 13.5. The Morgan fingerprint density at radius 3 is 2.61 bits per heavy atom. The van der Waals surface area contributed by atoms with Crippen LogP contribution in [-0.2, 0) is 11.2 Å². The highest BCUT2D eigenvalue weighted by Crippen LogP contribution is 2.32. The summed E-state index contributed by atoms with van der Waals surface area (Å²) in [4.78, 5) is 14.2. The molecule has 1 fully saturated rings. The molecule has 28 heavy (non-hydrogen) atoms. The number of rotatable bonds is 6. The second-order valence-corrected chi connectivity index (χ2v) is 7.04. The molecule has 0 aliphatic carbocycles. The molecule has 0 spiro atoms. The van der Waals surface area contributed by atoms with Crippen molar-refractivity contribution in [3.63, 3.8) is 0 Å². The van der Waals surface area contributed by atoms with Crippen molar-refractivity contribution >= 4 is 17.5 Å². The van der Waals surface area contributed by atoms with Crippen LogP contribution in [0.4, 0.5) is 0 Å². The van der Waals surface area contributed by atoms with Crippen molar-refractivity contribution in [3.05, 3.63) is 53.1 Å². The number of likely N-dealkylation sites (tertiary alicyclic amines) is 1. The fourth-order valence-corrected chi connectivity index (χ4v) is 3.46. The molecule has 2 aromatic carbocycles. The van der Waals surface area contributed by atoms with Crippen LogP contribution in [0.1, 0.15) is 12.0 Å². The average molecular weight is 406 g/mol. The molecule has 0 saturated carbocycles. The lowest BCUT2D eigenvalue weighted by molar-refractivity contribution is -0.136. The minimum absolute atomic E-state index is 0.0586. The van der Waals surface area contributed by atoms with Crippen LogP contribution >= 0.6 is 11.6 Å². The summed E-state index contributed by atoms with van der Waals surface area (Å²) in [5, 5.41) is 11.1. The molecule has 1 heterocycles. The summed E-state index contributed by atoms with van der Waals surface area (Å²) in [6.07, 6.45) is -0.434. The zero-order valence-electron chi connectivity index (χ0n) is 15.9. The van der Waals surface area contributed by atoms with Crippen LogP contribution in [0.15, 0.2) is 42.5 Å². The van der Waals surface area contributed by atoms with Crippen molar-refractivity contribution in [2.45, 2.75) is 25.0 Å². The normalized spacial score (nSPS) is 19.2. The van der Waals surface area contributed by atoms with Crippen LogP contribution in [0, 0.1) is 0 Å². The topological polar surface area (TPSA) is 68.2 Å². The first-order valence-corrected chi connectivity index (χ1v) is 9.47. The Morgan fingerprint density at radius 2 is 1.93 bits per heavy atom. The number of halogens is 1. The molecule has 2 atom stereocenters. The second kappa shape index (κ2) is 9.17.